The first-order valence-corrected chi connectivity index (χ1v) is 13.0. The molecular weight excluding hydrogens is 500 g/mol. The van der Waals surface area contributed by atoms with Crippen molar-refractivity contribution in [1.82, 2.24) is 4.98 Å². The highest BCUT2D eigenvalue weighted by molar-refractivity contribution is 5.78. The lowest BCUT2D eigenvalue weighted by Gasteiger charge is -2.21. The number of nitrogens with two attached hydrogens (primary N) is 1. The van der Waals surface area contributed by atoms with E-state index in [1.165, 1.54) is 0 Å². The normalized spacial score (nSPS) is 12.3. The van der Waals surface area contributed by atoms with Crippen molar-refractivity contribution in [2.45, 2.75) is 78.6 Å². The summed E-state index contributed by atoms with van der Waals surface area (Å²) in [4.78, 5) is 29.4. The number of carbonyl (C=O) groups excluding carboxylic acids is 2. The van der Waals surface area contributed by atoms with Crippen molar-refractivity contribution in [1.29, 1.82) is 0 Å². The van der Waals surface area contributed by atoms with Crippen LogP contribution in [0.1, 0.15) is 69.7 Å². The number of carbonyl (C=O) groups is 2. The van der Waals surface area contributed by atoms with Crippen molar-refractivity contribution < 1.29 is 33.3 Å². The van der Waals surface area contributed by atoms with Crippen molar-refractivity contribution in [2.75, 3.05) is 6.61 Å². The van der Waals surface area contributed by atoms with E-state index in [9.17, 15) is 14.7 Å². The monoisotopic (exact) mass is 538 g/mol. The van der Waals surface area contributed by atoms with Gasteiger partial charge in [0.2, 0.25) is 5.89 Å². The maximum Gasteiger partial charge on any atom is 0.327 e. The zero-order chi connectivity index (χ0) is 28.7. The lowest BCUT2D eigenvalue weighted by Crippen LogP contribution is -2.27. The Labute approximate surface area is 229 Å². The molecule has 0 radical (unpaired) electrons. The quantitative estimate of drug-likeness (QED) is 0.316. The van der Waals surface area contributed by atoms with Gasteiger partial charge in [-0.15, -0.1) is 0 Å². The third-order valence-corrected chi connectivity index (χ3v) is 5.69. The van der Waals surface area contributed by atoms with Crippen LogP contribution in [0.15, 0.2) is 46.9 Å². The number of hydrogen-bond donors (Lipinski definition) is 2. The van der Waals surface area contributed by atoms with Gasteiger partial charge in [-0.1, -0.05) is 6.07 Å². The van der Waals surface area contributed by atoms with Gasteiger partial charge in [0.05, 0.1) is 18.4 Å². The van der Waals surface area contributed by atoms with E-state index in [1.54, 1.807) is 50.2 Å². The SMILES string of the molecule is Cc1oc(-c2ccc(O)cc2)nc1CCOc1ccc(CCC(=O)OC(C)(C)C)c(C(N)C(=O)OC(C)C)c1. The molecule has 2 aromatic carbocycles. The molecule has 0 aliphatic carbocycles. The molecule has 0 amide bonds. The first kappa shape index (κ1) is 29.7. The predicted molar refractivity (Wildman–Crippen MR) is 146 cm³/mol. The number of benzene rings is 2. The summed E-state index contributed by atoms with van der Waals surface area (Å²) in [7, 11) is 0. The minimum Gasteiger partial charge on any atom is -0.508 e. The number of phenols is 1. The summed E-state index contributed by atoms with van der Waals surface area (Å²) >= 11 is 0. The minimum atomic E-state index is -1.03. The van der Waals surface area contributed by atoms with Gasteiger partial charge in [-0.3, -0.25) is 4.79 Å². The third-order valence-electron chi connectivity index (χ3n) is 5.69. The van der Waals surface area contributed by atoms with Gasteiger partial charge in [-0.2, -0.15) is 0 Å². The summed E-state index contributed by atoms with van der Waals surface area (Å²) in [5.74, 6) is 0.955. The molecule has 0 saturated heterocycles. The van der Waals surface area contributed by atoms with Crippen molar-refractivity contribution in [3.05, 3.63) is 65.0 Å². The van der Waals surface area contributed by atoms with E-state index >= 15 is 0 Å². The molecule has 1 aromatic heterocycles. The molecule has 3 rings (SSSR count). The molecule has 3 aromatic rings. The van der Waals surface area contributed by atoms with E-state index in [-0.39, 0.29) is 24.2 Å². The predicted octanol–water partition coefficient (Wildman–Crippen LogP) is 5.20. The molecule has 1 atom stereocenters. The number of phenolic OH excluding ortho intramolecular Hbond substituents is 1. The molecule has 1 unspecified atom stereocenters. The summed E-state index contributed by atoms with van der Waals surface area (Å²) in [5, 5.41) is 9.50. The highest BCUT2D eigenvalue weighted by Gasteiger charge is 2.24. The fraction of sp³-hybridized carbons (Fsp3) is 0.433. The number of ether oxygens (including phenoxy) is 3. The average Bonchev–Trinajstić information content (AvgIpc) is 3.21. The largest absolute Gasteiger partial charge is 0.508 e. The molecule has 0 spiro atoms. The van der Waals surface area contributed by atoms with Crippen LogP contribution in [-0.2, 0) is 31.9 Å². The molecule has 0 saturated carbocycles. The minimum absolute atomic E-state index is 0.144. The Kier molecular flexibility index (Phi) is 9.75. The van der Waals surface area contributed by atoms with Gasteiger partial charge >= 0.3 is 11.9 Å². The van der Waals surface area contributed by atoms with Crippen LogP contribution in [0.3, 0.4) is 0 Å². The van der Waals surface area contributed by atoms with E-state index in [0.717, 1.165) is 16.8 Å². The van der Waals surface area contributed by atoms with E-state index in [1.807, 2.05) is 33.8 Å². The number of nitrogens with zero attached hydrogens (tertiary/aromatic N) is 1. The molecular formula is C30H38N2O7. The summed E-state index contributed by atoms with van der Waals surface area (Å²) in [6, 6.07) is 10.9. The Bertz CT molecular complexity index is 1270. The van der Waals surface area contributed by atoms with Crippen molar-refractivity contribution >= 4 is 11.9 Å². The van der Waals surface area contributed by atoms with Crippen LogP contribution in [0.25, 0.3) is 11.5 Å². The van der Waals surface area contributed by atoms with Crippen LogP contribution in [0.5, 0.6) is 11.5 Å². The zero-order valence-electron chi connectivity index (χ0n) is 23.4. The van der Waals surface area contributed by atoms with Gasteiger partial charge in [0.25, 0.3) is 0 Å². The summed E-state index contributed by atoms with van der Waals surface area (Å²) < 4.78 is 22.5. The molecule has 210 valence electrons. The molecule has 0 aliphatic rings. The van der Waals surface area contributed by atoms with Crippen LogP contribution in [0.2, 0.25) is 0 Å². The summed E-state index contributed by atoms with van der Waals surface area (Å²) in [5.41, 5.74) is 8.50. The zero-order valence-corrected chi connectivity index (χ0v) is 23.4. The molecule has 39 heavy (non-hydrogen) atoms. The highest BCUT2D eigenvalue weighted by atomic mass is 16.6. The molecule has 9 nitrogen and oxygen atoms in total. The lowest BCUT2D eigenvalue weighted by atomic mass is 9.97. The second-order valence-corrected chi connectivity index (χ2v) is 10.6. The molecule has 0 fully saturated rings. The second-order valence-electron chi connectivity index (χ2n) is 10.6. The number of esters is 2. The number of rotatable bonds is 11. The van der Waals surface area contributed by atoms with Gasteiger partial charge in [0.15, 0.2) is 0 Å². The number of oxazole rings is 1. The van der Waals surface area contributed by atoms with Gasteiger partial charge in [0.1, 0.15) is 28.9 Å². The van der Waals surface area contributed by atoms with Crippen molar-refractivity contribution in [2.24, 2.45) is 5.73 Å². The summed E-state index contributed by atoms with van der Waals surface area (Å²) in [6.07, 6.45) is 0.673. The van der Waals surface area contributed by atoms with Crippen LogP contribution < -0.4 is 10.5 Å². The van der Waals surface area contributed by atoms with Crippen molar-refractivity contribution in [3.8, 4) is 23.0 Å². The van der Waals surface area contributed by atoms with E-state index in [0.29, 0.717) is 42.4 Å². The van der Waals surface area contributed by atoms with Crippen LogP contribution in [0.4, 0.5) is 0 Å². The smallest absolute Gasteiger partial charge is 0.327 e. The third kappa shape index (κ3) is 8.85. The fourth-order valence-electron chi connectivity index (χ4n) is 3.89. The van der Waals surface area contributed by atoms with E-state index < -0.39 is 17.6 Å². The Hall–Kier alpha value is -3.85. The van der Waals surface area contributed by atoms with Gasteiger partial charge in [0, 0.05) is 18.4 Å². The van der Waals surface area contributed by atoms with Gasteiger partial charge < -0.3 is 29.5 Å². The topological polar surface area (TPSA) is 134 Å². The second kappa shape index (κ2) is 12.8. The summed E-state index contributed by atoms with van der Waals surface area (Å²) in [6.45, 7) is 11.1. The van der Waals surface area contributed by atoms with E-state index in [2.05, 4.69) is 4.98 Å². The van der Waals surface area contributed by atoms with Crippen LogP contribution in [0, 0.1) is 6.92 Å². The number of aromatic hydroxyl groups is 1. The molecule has 0 aliphatic heterocycles. The Morgan fingerprint density at radius 3 is 2.41 bits per heavy atom. The van der Waals surface area contributed by atoms with Crippen molar-refractivity contribution in [3.63, 3.8) is 0 Å². The Morgan fingerprint density at radius 2 is 1.77 bits per heavy atom. The Balaban J connectivity index is 1.72. The van der Waals surface area contributed by atoms with E-state index in [4.69, 9.17) is 24.4 Å². The molecule has 0 bridgehead atoms. The highest BCUT2D eigenvalue weighted by Crippen LogP contribution is 2.27. The van der Waals surface area contributed by atoms with Crippen LogP contribution >= 0.6 is 0 Å². The van der Waals surface area contributed by atoms with Gasteiger partial charge in [-0.05, 0) is 95.5 Å². The fourth-order valence-corrected chi connectivity index (χ4v) is 3.89. The van der Waals surface area contributed by atoms with Crippen LogP contribution in [-0.4, -0.2) is 40.3 Å². The molecule has 9 heteroatoms. The lowest BCUT2D eigenvalue weighted by molar-refractivity contribution is -0.154. The molecule has 3 N–H and O–H groups in total. The first-order chi connectivity index (χ1) is 18.3. The molecule has 1 heterocycles. The number of hydrogen-bond acceptors (Lipinski definition) is 9. The number of aromatic nitrogens is 1. The standard InChI is InChI=1S/C30H38N2O7/c1-18(2)37-29(35)27(31)24-17-23(13-9-20(24)10-14-26(34)39-30(4,5)6)36-16-15-25-19(3)38-28(32-25)21-7-11-22(33)12-8-21/h7-9,11-13,17-18,27,33H,10,14-16,31H2,1-6H3. The first-order valence-electron chi connectivity index (χ1n) is 13.0. The maximum absolute atomic E-state index is 12.6. The average molecular weight is 539 g/mol. The number of aryl methyl sites for hydroxylation is 2. The van der Waals surface area contributed by atoms with Gasteiger partial charge in [-0.25, -0.2) is 9.78 Å². The maximum atomic E-state index is 12.6. The Morgan fingerprint density at radius 1 is 1.08 bits per heavy atom.